The predicted molar refractivity (Wildman–Crippen MR) is 49.7 cm³/mol. The Morgan fingerprint density at radius 1 is 1.07 bits per heavy atom. The van der Waals surface area contributed by atoms with Gasteiger partial charge in [-0.1, -0.05) is 0 Å². The maximum absolute atomic E-state index is 10.3. The minimum Gasteiger partial charge on any atom is -0.258 e. The molecule has 2 aromatic rings. The Hall–Kier alpha value is -2.44. The second kappa shape index (κ2) is 3.74. The maximum Gasteiger partial charge on any atom is 0.305 e. The maximum atomic E-state index is 10.3. The number of hydrogen-bond acceptors (Lipinski definition) is 6. The molecular formula is C8H5N5O2. The lowest BCUT2D eigenvalue weighted by molar-refractivity contribution is -0.385. The lowest BCUT2D eigenvalue weighted by atomic mass is 10.3. The first-order valence-corrected chi connectivity index (χ1v) is 3.99. The van der Waals surface area contributed by atoms with E-state index in [4.69, 9.17) is 0 Å². The summed E-state index contributed by atoms with van der Waals surface area (Å²) in [6.07, 6.45) is 6.75. The van der Waals surface area contributed by atoms with Crippen molar-refractivity contribution in [3.05, 3.63) is 41.2 Å². The molecule has 7 heteroatoms. The molecular weight excluding hydrogens is 198 g/mol. The molecule has 0 unspecified atom stereocenters. The summed E-state index contributed by atoms with van der Waals surface area (Å²) in [5.41, 5.74) is 0.475. The lowest BCUT2D eigenvalue weighted by Gasteiger charge is -1.96. The van der Waals surface area contributed by atoms with Crippen LogP contribution in [0.15, 0.2) is 31.1 Å². The molecule has 2 heterocycles. The van der Waals surface area contributed by atoms with E-state index in [0.29, 0.717) is 11.4 Å². The molecule has 2 aromatic heterocycles. The van der Waals surface area contributed by atoms with E-state index in [2.05, 4.69) is 19.9 Å². The Balaban J connectivity index is 2.36. The molecule has 74 valence electrons. The van der Waals surface area contributed by atoms with Crippen molar-refractivity contribution in [2.45, 2.75) is 0 Å². The van der Waals surface area contributed by atoms with Crippen LogP contribution in [0, 0.1) is 10.1 Å². The summed E-state index contributed by atoms with van der Waals surface area (Å²) in [6.45, 7) is 0. The van der Waals surface area contributed by atoms with Crippen LogP contribution in [0.2, 0.25) is 0 Å². The molecule has 15 heavy (non-hydrogen) atoms. The van der Waals surface area contributed by atoms with Crippen LogP contribution in [-0.4, -0.2) is 24.9 Å². The molecule has 0 atom stereocenters. The highest BCUT2D eigenvalue weighted by Crippen LogP contribution is 2.13. The van der Waals surface area contributed by atoms with Crippen molar-refractivity contribution in [2.75, 3.05) is 0 Å². The van der Waals surface area contributed by atoms with Crippen LogP contribution in [0.4, 0.5) is 5.69 Å². The zero-order chi connectivity index (χ0) is 10.7. The largest absolute Gasteiger partial charge is 0.305 e. The highest BCUT2D eigenvalue weighted by atomic mass is 16.6. The van der Waals surface area contributed by atoms with Crippen LogP contribution in [0.5, 0.6) is 0 Å². The van der Waals surface area contributed by atoms with Gasteiger partial charge in [0.1, 0.15) is 18.7 Å². The zero-order valence-corrected chi connectivity index (χ0v) is 7.44. The summed E-state index contributed by atoms with van der Waals surface area (Å²) < 4.78 is 0. The molecule has 0 aliphatic carbocycles. The summed E-state index contributed by atoms with van der Waals surface area (Å²) >= 11 is 0. The SMILES string of the molecule is O=[N+]([O-])c1cnc(-c2cncnc2)nc1. The first-order chi connectivity index (χ1) is 7.27. The quantitative estimate of drug-likeness (QED) is 0.530. The average Bonchev–Trinajstić information content (AvgIpc) is 2.30. The van der Waals surface area contributed by atoms with Gasteiger partial charge in [0, 0.05) is 12.4 Å². The predicted octanol–water partition coefficient (Wildman–Crippen LogP) is 0.842. The van der Waals surface area contributed by atoms with Crippen LogP contribution in [0.3, 0.4) is 0 Å². The van der Waals surface area contributed by atoms with Gasteiger partial charge in [0.05, 0.1) is 10.5 Å². The number of nitrogens with zero attached hydrogens (tertiary/aromatic N) is 5. The van der Waals surface area contributed by atoms with Gasteiger partial charge in [-0.2, -0.15) is 0 Å². The summed E-state index contributed by atoms with van der Waals surface area (Å²) in [5, 5.41) is 10.3. The van der Waals surface area contributed by atoms with Gasteiger partial charge in [0.25, 0.3) is 0 Å². The summed E-state index contributed by atoms with van der Waals surface area (Å²) in [5.74, 6) is 0.362. The van der Waals surface area contributed by atoms with Crippen molar-refractivity contribution < 1.29 is 4.92 Å². The second-order valence-electron chi connectivity index (χ2n) is 2.65. The average molecular weight is 203 g/mol. The van der Waals surface area contributed by atoms with Gasteiger partial charge in [-0.25, -0.2) is 19.9 Å². The van der Waals surface area contributed by atoms with Crippen LogP contribution in [0.25, 0.3) is 11.4 Å². The molecule has 0 N–H and O–H groups in total. The highest BCUT2D eigenvalue weighted by Gasteiger charge is 2.07. The third kappa shape index (κ3) is 1.90. The van der Waals surface area contributed by atoms with E-state index in [1.807, 2.05) is 0 Å². The molecule has 0 aliphatic heterocycles. The van der Waals surface area contributed by atoms with Crippen LogP contribution in [-0.2, 0) is 0 Å². The standard InChI is InChI=1S/C8H5N5O2/c14-13(15)7-3-11-8(12-4-7)6-1-9-5-10-2-6/h1-5H. The second-order valence-corrected chi connectivity index (χ2v) is 2.65. The first kappa shape index (κ1) is 9.13. The Kier molecular flexibility index (Phi) is 2.28. The van der Waals surface area contributed by atoms with E-state index < -0.39 is 4.92 Å². The van der Waals surface area contributed by atoms with Gasteiger partial charge in [-0.3, -0.25) is 10.1 Å². The van der Waals surface area contributed by atoms with Crippen molar-refractivity contribution in [2.24, 2.45) is 0 Å². The smallest absolute Gasteiger partial charge is 0.258 e. The number of hydrogen-bond donors (Lipinski definition) is 0. The summed E-state index contributed by atoms with van der Waals surface area (Å²) in [4.78, 5) is 25.1. The Bertz CT molecular complexity index is 470. The van der Waals surface area contributed by atoms with Crippen LogP contribution in [0.1, 0.15) is 0 Å². The highest BCUT2D eigenvalue weighted by molar-refractivity contribution is 5.51. The molecule has 0 saturated carbocycles. The minimum absolute atomic E-state index is 0.143. The summed E-state index contributed by atoms with van der Waals surface area (Å²) in [6, 6.07) is 0. The Morgan fingerprint density at radius 3 is 2.20 bits per heavy atom. The third-order valence-corrected chi connectivity index (χ3v) is 1.67. The normalized spacial score (nSPS) is 9.87. The number of nitro groups is 1. The van der Waals surface area contributed by atoms with Crippen LogP contribution < -0.4 is 0 Å². The van der Waals surface area contributed by atoms with Gasteiger partial charge in [0.15, 0.2) is 5.82 Å². The Morgan fingerprint density at radius 2 is 1.67 bits per heavy atom. The van der Waals surface area contributed by atoms with Gasteiger partial charge in [0.2, 0.25) is 0 Å². The van der Waals surface area contributed by atoms with Gasteiger partial charge >= 0.3 is 5.69 Å². The molecule has 0 spiro atoms. The van der Waals surface area contributed by atoms with E-state index in [9.17, 15) is 10.1 Å². The van der Waals surface area contributed by atoms with Crippen LogP contribution >= 0.6 is 0 Å². The molecule has 7 nitrogen and oxygen atoms in total. The monoisotopic (exact) mass is 203 g/mol. The topological polar surface area (TPSA) is 94.7 Å². The molecule has 0 amide bonds. The van der Waals surface area contributed by atoms with Gasteiger partial charge in [-0.05, 0) is 0 Å². The molecule has 2 rings (SSSR count). The van der Waals surface area contributed by atoms with E-state index in [1.165, 1.54) is 18.7 Å². The van der Waals surface area contributed by atoms with Crippen molar-refractivity contribution in [3.63, 3.8) is 0 Å². The fraction of sp³-hybridized carbons (Fsp3) is 0. The fourth-order valence-corrected chi connectivity index (χ4v) is 0.979. The first-order valence-electron chi connectivity index (χ1n) is 3.99. The van der Waals surface area contributed by atoms with Crippen molar-refractivity contribution in [1.82, 2.24) is 19.9 Å². The molecule has 0 saturated heterocycles. The molecule has 0 bridgehead atoms. The van der Waals surface area contributed by atoms with Crippen molar-refractivity contribution in [3.8, 4) is 11.4 Å². The lowest BCUT2D eigenvalue weighted by Crippen LogP contribution is -1.94. The molecule has 0 aliphatic rings. The molecule has 0 fully saturated rings. The summed E-state index contributed by atoms with van der Waals surface area (Å²) in [7, 11) is 0. The molecule has 0 radical (unpaired) electrons. The van der Waals surface area contributed by atoms with Crippen molar-refractivity contribution >= 4 is 5.69 Å². The molecule has 0 aromatic carbocycles. The fourth-order valence-electron chi connectivity index (χ4n) is 0.979. The third-order valence-electron chi connectivity index (χ3n) is 1.67. The Labute approximate surface area is 84.0 Å². The van der Waals surface area contributed by atoms with Crippen molar-refractivity contribution in [1.29, 1.82) is 0 Å². The van der Waals surface area contributed by atoms with Gasteiger partial charge < -0.3 is 0 Å². The van der Waals surface area contributed by atoms with E-state index in [0.717, 1.165) is 12.4 Å². The number of rotatable bonds is 2. The van der Waals surface area contributed by atoms with Gasteiger partial charge in [-0.15, -0.1) is 0 Å². The zero-order valence-electron chi connectivity index (χ0n) is 7.44. The van der Waals surface area contributed by atoms with E-state index in [-0.39, 0.29) is 5.69 Å². The van der Waals surface area contributed by atoms with E-state index >= 15 is 0 Å². The minimum atomic E-state index is -0.550. The van der Waals surface area contributed by atoms with E-state index in [1.54, 1.807) is 0 Å². The number of aromatic nitrogens is 4.